The second-order valence-electron chi connectivity index (χ2n) is 9.98. The first kappa shape index (κ1) is 21.0. The third-order valence-electron chi connectivity index (χ3n) is 7.79. The molecule has 1 N–H and O–H groups in total. The minimum absolute atomic E-state index is 0.0399. The molecule has 6 heteroatoms. The molecule has 168 valence electrons. The molecule has 3 aliphatic rings. The molecule has 0 aromatic carbocycles. The molecule has 2 aliphatic carbocycles. The fraction of sp³-hybridized carbons (Fsp3) is 0.680. The van der Waals surface area contributed by atoms with Crippen LogP contribution in [0.25, 0.3) is 10.2 Å². The number of thiophene rings is 1. The van der Waals surface area contributed by atoms with Gasteiger partial charge < -0.3 is 14.8 Å². The maximum atomic E-state index is 13.8. The second kappa shape index (κ2) is 8.27. The number of nitrogens with zero attached hydrogens (tertiary/aromatic N) is 2. The molecule has 0 radical (unpaired) electrons. The highest BCUT2D eigenvalue weighted by atomic mass is 32.1. The number of carbonyl (C=O) groups excluding carboxylic acids is 2. The zero-order valence-corrected chi connectivity index (χ0v) is 19.7. The van der Waals surface area contributed by atoms with E-state index in [0.717, 1.165) is 56.2 Å². The van der Waals surface area contributed by atoms with Crippen molar-refractivity contribution in [3.8, 4) is 0 Å². The Hall–Kier alpha value is -1.82. The van der Waals surface area contributed by atoms with Crippen LogP contribution in [-0.4, -0.2) is 38.9 Å². The Labute approximate surface area is 189 Å². The lowest BCUT2D eigenvalue weighted by atomic mass is 9.91. The normalized spacial score (nSPS) is 25.7. The fourth-order valence-corrected chi connectivity index (χ4v) is 7.06. The van der Waals surface area contributed by atoms with Crippen molar-refractivity contribution in [3.05, 3.63) is 22.7 Å². The van der Waals surface area contributed by atoms with Gasteiger partial charge in [0.25, 0.3) is 5.91 Å². The molecule has 5 rings (SSSR count). The van der Waals surface area contributed by atoms with E-state index in [0.29, 0.717) is 6.54 Å². The number of hydrogen-bond donors (Lipinski definition) is 1. The summed E-state index contributed by atoms with van der Waals surface area (Å²) in [5.41, 5.74) is 1.03. The van der Waals surface area contributed by atoms with Gasteiger partial charge in [-0.15, -0.1) is 11.3 Å². The number of aryl methyl sites for hydroxylation is 1. The largest absolute Gasteiger partial charge is 0.351 e. The lowest BCUT2D eigenvalue weighted by molar-refractivity contribution is -0.135. The Bertz CT molecular complexity index is 978. The molecule has 0 spiro atoms. The Morgan fingerprint density at radius 3 is 2.45 bits per heavy atom. The highest BCUT2D eigenvalue weighted by Crippen LogP contribution is 2.39. The zero-order chi connectivity index (χ0) is 21.6. The van der Waals surface area contributed by atoms with E-state index in [-0.39, 0.29) is 23.9 Å². The van der Waals surface area contributed by atoms with Gasteiger partial charge in [-0.25, -0.2) is 0 Å². The predicted octanol–water partition coefficient (Wildman–Crippen LogP) is 5.26. The molecule has 2 saturated carbocycles. The van der Waals surface area contributed by atoms with Crippen LogP contribution in [0.15, 0.2) is 12.1 Å². The minimum atomic E-state index is -0.842. The van der Waals surface area contributed by atoms with Crippen molar-refractivity contribution < 1.29 is 9.59 Å². The molecule has 0 unspecified atom stereocenters. The van der Waals surface area contributed by atoms with Crippen molar-refractivity contribution in [2.45, 2.75) is 109 Å². The molecular weight excluding hydrogens is 406 g/mol. The first-order valence-corrected chi connectivity index (χ1v) is 13.1. The van der Waals surface area contributed by atoms with E-state index >= 15 is 0 Å². The van der Waals surface area contributed by atoms with E-state index in [4.69, 9.17) is 0 Å². The van der Waals surface area contributed by atoms with Crippen LogP contribution in [0.1, 0.15) is 93.4 Å². The summed E-state index contributed by atoms with van der Waals surface area (Å²) in [6.45, 7) is 4.72. The van der Waals surface area contributed by atoms with Crippen LogP contribution in [0.4, 0.5) is 0 Å². The Morgan fingerprint density at radius 1 is 1.10 bits per heavy atom. The number of rotatable bonds is 4. The molecule has 0 bridgehead atoms. The number of aromatic nitrogens is 1. The molecule has 1 aliphatic heterocycles. The fourth-order valence-electron chi connectivity index (χ4n) is 6.02. The summed E-state index contributed by atoms with van der Waals surface area (Å²) in [4.78, 5) is 31.0. The average Bonchev–Trinajstić information content (AvgIpc) is 3.43. The second-order valence-corrected chi connectivity index (χ2v) is 11.1. The summed E-state index contributed by atoms with van der Waals surface area (Å²) in [5.74, 6) is 0.0798. The summed E-state index contributed by atoms with van der Waals surface area (Å²) in [7, 11) is 0. The molecule has 5 nitrogen and oxygen atoms in total. The third kappa shape index (κ3) is 3.61. The lowest BCUT2D eigenvalue weighted by Crippen LogP contribution is -2.67. The van der Waals surface area contributed by atoms with Crippen LogP contribution < -0.4 is 5.32 Å². The first-order valence-electron chi connectivity index (χ1n) is 12.3. The van der Waals surface area contributed by atoms with Crippen molar-refractivity contribution in [1.82, 2.24) is 14.8 Å². The van der Waals surface area contributed by atoms with E-state index in [1.54, 1.807) is 11.3 Å². The quantitative estimate of drug-likeness (QED) is 0.658. The Kier molecular flexibility index (Phi) is 5.61. The van der Waals surface area contributed by atoms with Crippen LogP contribution in [0.2, 0.25) is 0 Å². The van der Waals surface area contributed by atoms with Gasteiger partial charge in [-0.1, -0.05) is 45.4 Å². The van der Waals surface area contributed by atoms with E-state index in [1.165, 1.54) is 35.3 Å². The Morgan fingerprint density at radius 2 is 1.77 bits per heavy atom. The van der Waals surface area contributed by atoms with Crippen LogP contribution in [0, 0.1) is 0 Å². The Balaban J connectivity index is 1.52. The molecule has 2 amide bonds. The van der Waals surface area contributed by atoms with Crippen molar-refractivity contribution in [1.29, 1.82) is 0 Å². The SMILES string of the molecule is CCc1cc2c(cc3n2C[C@@](C)(C(=O)NC2CCCCCC2)N(C2CCCC2)C3=O)s1. The third-order valence-corrected chi connectivity index (χ3v) is 9.01. The number of fused-ring (bicyclic) bond motifs is 3. The molecule has 2 fully saturated rings. The van der Waals surface area contributed by atoms with Crippen molar-refractivity contribution >= 4 is 33.4 Å². The maximum absolute atomic E-state index is 13.8. The van der Waals surface area contributed by atoms with Crippen LogP contribution in [0.3, 0.4) is 0 Å². The highest BCUT2D eigenvalue weighted by molar-refractivity contribution is 7.19. The summed E-state index contributed by atoms with van der Waals surface area (Å²) >= 11 is 1.77. The number of nitrogens with one attached hydrogen (secondary N) is 1. The van der Waals surface area contributed by atoms with Gasteiger partial charge >= 0.3 is 0 Å². The predicted molar refractivity (Wildman–Crippen MR) is 126 cm³/mol. The first-order chi connectivity index (χ1) is 15.0. The van der Waals surface area contributed by atoms with Gasteiger partial charge in [0.05, 0.1) is 16.8 Å². The van der Waals surface area contributed by atoms with Gasteiger partial charge in [-0.3, -0.25) is 9.59 Å². The topological polar surface area (TPSA) is 54.3 Å². The van der Waals surface area contributed by atoms with Crippen LogP contribution in [-0.2, 0) is 17.8 Å². The monoisotopic (exact) mass is 441 g/mol. The van der Waals surface area contributed by atoms with Gasteiger partial charge in [-0.05, 0) is 51.2 Å². The van der Waals surface area contributed by atoms with Crippen molar-refractivity contribution in [2.75, 3.05) is 0 Å². The molecule has 0 saturated heterocycles. The van der Waals surface area contributed by atoms with Crippen molar-refractivity contribution in [2.24, 2.45) is 0 Å². The van der Waals surface area contributed by atoms with Crippen LogP contribution in [0.5, 0.6) is 0 Å². The average molecular weight is 442 g/mol. The summed E-state index contributed by atoms with van der Waals surface area (Å²) in [5, 5.41) is 3.39. The van der Waals surface area contributed by atoms with Gasteiger partial charge in [0.2, 0.25) is 5.91 Å². The molecular formula is C25H35N3O2S. The smallest absolute Gasteiger partial charge is 0.271 e. The summed E-state index contributed by atoms with van der Waals surface area (Å²) < 4.78 is 3.30. The molecule has 2 aromatic rings. The van der Waals surface area contributed by atoms with E-state index in [2.05, 4.69) is 28.9 Å². The van der Waals surface area contributed by atoms with Gasteiger partial charge in [0.15, 0.2) is 0 Å². The van der Waals surface area contributed by atoms with Gasteiger partial charge in [0, 0.05) is 17.0 Å². The van der Waals surface area contributed by atoms with E-state index < -0.39 is 5.54 Å². The highest BCUT2D eigenvalue weighted by Gasteiger charge is 2.51. The zero-order valence-electron chi connectivity index (χ0n) is 18.9. The van der Waals surface area contributed by atoms with Crippen LogP contribution >= 0.6 is 11.3 Å². The molecule has 2 aromatic heterocycles. The number of amides is 2. The van der Waals surface area contributed by atoms with Gasteiger partial charge in [-0.2, -0.15) is 0 Å². The maximum Gasteiger partial charge on any atom is 0.271 e. The minimum Gasteiger partial charge on any atom is -0.351 e. The van der Waals surface area contributed by atoms with Crippen molar-refractivity contribution in [3.63, 3.8) is 0 Å². The molecule has 31 heavy (non-hydrogen) atoms. The standard InChI is InChI=1S/C25H35N3O2S/c1-3-19-14-20-22(31-19)15-21-23(29)28(18-12-8-9-13-18)25(2,16-27(20)21)24(30)26-17-10-6-4-5-7-11-17/h14-15,17-18H,3-13,16H2,1-2H3,(H,26,30)/t25-/m0/s1. The summed E-state index contributed by atoms with van der Waals surface area (Å²) in [6, 6.07) is 4.69. The lowest BCUT2D eigenvalue weighted by Gasteiger charge is -2.47. The van der Waals surface area contributed by atoms with E-state index in [1.807, 2.05) is 11.8 Å². The number of hydrogen-bond acceptors (Lipinski definition) is 3. The molecule has 1 atom stereocenters. The summed E-state index contributed by atoms with van der Waals surface area (Å²) in [6.07, 6.45) is 12.3. The van der Waals surface area contributed by atoms with Gasteiger partial charge in [0.1, 0.15) is 11.2 Å². The number of carbonyl (C=O) groups is 2. The molecule has 3 heterocycles. The van der Waals surface area contributed by atoms with E-state index in [9.17, 15) is 9.59 Å².